The molecule has 1 amide bonds. The van der Waals surface area contributed by atoms with Crippen molar-refractivity contribution in [3.05, 3.63) is 29.6 Å². The summed E-state index contributed by atoms with van der Waals surface area (Å²) in [6.45, 7) is 0.00450. The standard InChI is InChI=1S/C15H16FNO2/c1-2-9-19-14-8-7-11(10-13(14)16)15(18)17-12-5-3-4-6-12/h1,7-8,10,12H,3-6,9H2,(H,17,18). The third-order valence-electron chi connectivity index (χ3n) is 3.20. The van der Waals surface area contributed by atoms with E-state index in [0.29, 0.717) is 5.56 Å². The molecule has 0 radical (unpaired) electrons. The molecule has 0 unspecified atom stereocenters. The minimum absolute atomic E-state index is 0.00450. The zero-order chi connectivity index (χ0) is 13.7. The monoisotopic (exact) mass is 261 g/mol. The number of hydrogen-bond donors (Lipinski definition) is 1. The minimum atomic E-state index is -0.575. The van der Waals surface area contributed by atoms with Crippen LogP contribution in [-0.4, -0.2) is 18.6 Å². The fourth-order valence-electron chi connectivity index (χ4n) is 2.22. The molecule has 0 atom stereocenters. The molecule has 0 spiro atoms. The molecule has 1 aliphatic carbocycles. The smallest absolute Gasteiger partial charge is 0.251 e. The van der Waals surface area contributed by atoms with Gasteiger partial charge in [-0.05, 0) is 31.0 Å². The first-order valence-corrected chi connectivity index (χ1v) is 6.37. The van der Waals surface area contributed by atoms with Crippen molar-refractivity contribution in [2.45, 2.75) is 31.7 Å². The lowest BCUT2D eigenvalue weighted by molar-refractivity contribution is 0.0937. The van der Waals surface area contributed by atoms with Crippen molar-refractivity contribution in [3.63, 3.8) is 0 Å². The Balaban J connectivity index is 2.02. The van der Waals surface area contributed by atoms with Crippen molar-refractivity contribution in [2.75, 3.05) is 6.61 Å². The lowest BCUT2D eigenvalue weighted by Gasteiger charge is -2.12. The van der Waals surface area contributed by atoms with Gasteiger partial charge in [0.15, 0.2) is 11.6 Å². The Hall–Kier alpha value is -2.02. The van der Waals surface area contributed by atoms with Gasteiger partial charge in [0.25, 0.3) is 5.91 Å². The average molecular weight is 261 g/mol. The SMILES string of the molecule is C#CCOc1ccc(C(=O)NC2CCCC2)cc1F. The van der Waals surface area contributed by atoms with Gasteiger partial charge in [-0.25, -0.2) is 4.39 Å². The van der Waals surface area contributed by atoms with Crippen LogP contribution in [0.25, 0.3) is 0 Å². The second-order valence-corrected chi connectivity index (χ2v) is 4.59. The highest BCUT2D eigenvalue weighted by atomic mass is 19.1. The molecular formula is C15H16FNO2. The highest BCUT2D eigenvalue weighted by Gasteiger charge is 2.18. The Labute approximate surface area is 112 Å². The van der Waals surface area contributed by atoms with Crippen molar-refractivity contribution in [1.82, 2.24) is 5.32 Å². The first-order chi connectivity index (χ1) is 9.20. The summed E-state index contributed by atoms with van der Waals surface area (Å²) in [7, 11) is 0. The van der Waals surface area contributed by atoms with E-state index in [0.717, 1.165) is 25.7 Å². The maximum Gasteiger partial charge on any atom is 0.251 e. The van der Waals surface area contributed by atoms with Crippen LogP contribution in [0.15, 0.2) is 18.2 Å². The van der Waals surface area contributed by atoms with Gasteiger partial charge in [0.05, 0.1) is 0 Å². The zero-order valence-corrected chi connectivity index (χ0v) is 10.6. The maximum atomic E-state index is 13.7. The summed E-state index contributed by atoms with van der Waals surface area (Å²) in [5, 5.41) is 2.91. The highest BCUT2D eigenvalue weighted by Crippen LogP contribution is 2.20. The predicted molar refractivity (Wildman–Crippen MR) is 70.5 cm³/mol. The summed E-state index contributed by atoms with van der Waals surface area (Å²) in [5.74, 6) is 1.51. The van der Waals surface area contributed by atoms with Crippen LogP contribution in [-0.2, 0) is 0 Å². The normalized spacial score (nSPS) is 14.9. The van der Waals surface area contributed by atoms with Gasteiger partial charge in [0.1, 0.15) is 6.61 Å². The number of rotatable bonds is 4. The maximum absolute atomic E-state index is 13.7. The van der Waals surface area contributed by atoms with E-state index in [4.69, 9.17) is 11.2 Å². The summed E-state index contributed by atoms with van der Waals surface area (Å²) in [4.78, 5) is 11.9. The molecule has 0 bridgehead atoms. The summed E-state index contributed by atoms with van der Waals surface area (Å²) in [6, 6.07) is 4.36. The van der Waals surface area contributed by atoms with E-state index in [9.17, 15) is 9.18 Å². The van der Waals surface area contributed by atoms with Gasteiger partial charge in [-0.3, -0.25) is 4.79 Å². The molecule has 0 aromatic heterocycles. The van der Waals surface area contributed by atoms with Crippen LogP contribution >= 0.6 is 0 Å². The van der Waals surface area contributed by atoms with Crippen LogP contribution in [0.2, 0.25) is 0 Å². The summed E-state index contributed by atoms with van der Waals surface area (Å²) in [6.07, 6.45) is 9.30. The molecule has 1 fully saturated rings. The fourth-order valence-corrected chi connectivity index (χ4v) is 2.22. The lowest BCUT2D eigenvalue weighted by atomic mass is 10.1. The Morgan fingerprint density at radius 1 is 1.47 bits per heavy atom. The van der Waals surface area contributed by atoms with E-state index in [2.05, 4.69) is 11.2 Å². The number of carbonyl (C=O) groups excluding carboxylic acids is 1. The Morgan fingerprint density at radius 3 is 2.84 bits per heavy atom. The number of halogens is 1. The largest absolute Gasteiger partial charge is 0.478 e. The molecule has 4 heteroatoms. The van der Waals surface area contributed by atoms with E-state index in [1.807, 2.05) is 0 Å². The average Bonchev–Trinajstić information content (AvgIpc) is 2.90. The van der Waals surface area contributed by atoms with Crippen molar-refractivity contribution < 1.29 is 13.9 Å². The van der Waals surface area contributed by atoms with Gasteiger partial charge in [-0.1, -0.05) is 18.8 Å². The zero-order valence-electron chi connectivity index (χ0n) is 10.6. The van der Waals surface area contributed by atoms with Gasteiger partial charge in [-0.15, -0.1) is 6.42 Å². The van der Waals surface area contributed by atoms with Crippen molar-refractivity contribution in [2.24, 2.45) is 0 Å². The number of ether oxygens (including phenoxy) is 1. The molecule has 1 aromatic carbocycles. The minimum Gasteiger partial charge on any atom is -0.478 e. The molecule has 0 heterocycles. The van der Waals surface area contributed by atoms with Crippen LogP contribution in [0.3, 0.4) is 0 Å². The van der Waals surface area contributed by atoms with E-state index >= 15 is 0 Å². The predicted octanol–water partition coefficient (Wildman–Crippen LogP) is 2.51. The van der Waals surface area contributed by atoms with Gasteiger partial charge in [0, 0.05) is 11.6 Å². The van der Waals surface area contributed by atoms with E-state index < -0.39 is 5.82 Å². The topological polar surface area (TPSA) is 38.3 Å². The third-order valence-corrected chi connectivity index (χ3v) is 3.20. The molecule has 0 aliphatic heterocycles. The van der Waals surface area contributed by atoms with Crippen molar-refractivity contribution in [3.8, 4) is 18.1 Å². The lowest BCUT2D eigenvalue weighted by Crippen LogP contribution is -2.32. The van der Waals surface area contributed by atoms with Crippen molar-refractivity contribution >= 4 is 5.91 Å². The second kappa shape index (κ2) is 6.24. The van der Waals surface area contributed by atoms with Gasteiger partial charge in [0.2, 0.25) is 0 Å². The molecule has 1 aliphatic rings. The van der Waals surface area contributed by atoms with E-state index in [-0.39, 0.29) is 24.3 Å². The molecule has 2 rings (SSSR count). The first-order valence-electron chi connectivity index (χ1n) is 6.37. The number of carbonyl (C=O) groups is 1. The number of terminal acetylenes is 1. The summed E-state index contributed by atoms with van der Waals surface area (Å²) >= 11 is 0. The van der Waals surface area contributed by atoms with Gasteiger partial charge >= 0.3 is 0 Å². The Morgan fingerprint density at radius 2 is 2.21 bits per heavy atom. The van der Waals surface area contributed by atoms with Gasteiger partial charge < -0.3 is 10.1 Å². The molecule has 100 valence electrons. The first kappa shape index (κ1) is 13.4. The second-order valence-electron chi connectivity index (χ2n) is 4.59. The molecule has 3 nitrogen and oxygen atoms in total. The van der Waals surface area contributed by atoms with Crippen LogP contribution in [0.4, 0.5) is 4.39 Å². The molecular weight excluding hydrogens is 245 g/mol. The fraction of sp³-hybridized carbons (Fsp3) is 0.400. The van der Waals surface area contributed by atoms with Crippen LogP contribution in [0.5, 0.6) is 5.75 Å². The van der Waals surface area contributed by atoms with Gasteiger partial charge in [-0.2, -0.15) is 0 Å². The molecule has 1 saturated carbocycles. The Kier molecular flexibility index (Phi) is 4.40. The van der Waals surface area contributed by atoms with Crippen LogP contribution in [0.1, 0.15) is 36.0 Å². The molecule has 19 heavy (non-hydrogen) atoms. The molecule has 0 saturated heterocycles. The third kappa shape index (κ3) is 3.47. The van der Waals surface area contributed by atoms with Crippen LogP contribution in [0, 0.1) is 18.2 Å². The summed E-state index contributed by atoms with van der Waals surface area (Å²) < 4.78 is 18.7. The Bertz CT molecular complexity index is 501. The van der Waals surface area contributed by atoms with E-state index in [1.165, 1.54) is 12.1 Å². The number of hydrogen-bond acceptors (Lipinski definition) is 2. The molecule has 1 N–H and O–H groups in total. The van der Waals surface area contributed by atoms with Crippen molar-refractivity contribution in [1.29, 1.82) is 0 Å². The molecule has 1 aromatic rings. The van der Waals surface area contributed by atoms with Crippen LogP contribution < -0.4 is 10.1 Å². The highest BCUT2D eigenvalue weighted by molar-refractivity contribution is 5.94. The number of nitrogens with one attached hydrogen (secondary N) is 1. The number of amides is 1. The van der Waals surface area contributed by atoms with E-state index in [1.54, 1.807) is 6.07 Å². The number of benzene rings is 1. The summed E-state index contributed by atoms with van der Waals surface area (Å²) in [5.41, 5.74) is 0.303. The quantitative estimate of drug-likeness (QED) is 0.846.